The summed E-state index contributed by atoms with van der Waals surface area (Å²) in [7, 11) is -3.45. The lowest BCUT2D eigenvalue weighted by molar-refractivity contribution is 0.0628. The van der Waals surface area contributed by atoms with Crippen LogP contribution in [0.15, 0.2) is 83.8 Å². The molecule has 1 saturated heterocycles. The third kappa shape index (κ3) is 5.44. The lowest BCUT2D eigenvalue weighted by Gasteiger charge is -2.35. The molecule has 1 fully saturated rings. The third-order valence-electron chi connectivity index (χ3n) is 5.78. The highest BCUT2D eigenvalue weighted by molar-refractivity contribution is 7.90. The first kappa shape index (κ1) is 22.2. The third-order valence-corrected chi connectivity index (χ3v) is 7.48. The Labute approximate surface area is 190 Å². The maximum Gasteiger partial charge on any atom is 0.253 e. The average molecular weight is 449 g/mol. The molecule has 0 atom stereocenters. The molecule has 0 spiro atoms. The number of carbonyl (C=O) groups excluding carboxylic acids is 1. The SMILES string of the molecule is Cc1cccc(CN2CCN(C(=O)c3cccc(CS(=O)(=O)c4ccccc4)c3)CC2)c1. The van der Waals surface area contributed by atoms with Crippen molar-refractivity contribution >= 4 is 15.7 Å². The van der Waals surface area contributed by atoms with Crippen molar-refractivity contribution in [1.29, 1.82) is 0 Å². The Kier molecular flexibility index (Phi) is 6.72. The summed E-state index contributed by atoms with van der Waals surface area (Å²) < 4.78 is 25.4. The summed E-state index contributed by atoms with van der Waals surface area (Å²) in [6.45, 7) is 5.95. The molecule has 3 aromatic rings. The number of aryl methyl sites for hydroxylation is 1. The van der Waals surface area contributed by atoms with E-state index in [0.717, 1.165) is 19.6 Å². The van der Waals surface area contributed by atoms with Gasteiger partial charge in [0.05, 0.1) is 10.6 Å². The van der Waals surface area contributed by atoms with E-state index in [4.69, 9.17) is 0 Å². The molecule has 1 aliphatic rings. The van der Waals surface area contributed by atoms with E-state index in [1.54, 1.807) is 54.6 Å². The van der Waals surface area contributed by atoms with Crippen molar-refractivity contribution in [3.05, 3.63) is 101 Å². The van der Waals surface area contributed by atoms with Crippen molar-refractivity contribution in [2.75, 3.05) is 26.2 Å². The first-order valence-corrected chi connectivity index (χ1v) is 12.5. The van der Waals surface area contributed by atoms with Gasteiger partial charge in [-0.1, -0.05) is 60.2 Å². The smallest absolute Gasteiger partial charge is 0.253 e. The lowest BCUT2D eigenvalue weighted by atomic mass is 10.1. The summed E-state index contributed by atoms with van der Waals surface area (Å²) in [6.07, 6.45) is 0. The summed E-state index contributed by atoms with van der Waals surface area (Å²) in [6, 6.07) is 23.9. The Bertz CT molecular complexity index is 1180. The number of benzene rings is 3. The van der Waals surface area contributed by atoms with E-state index in [1.165, 1.54) is 11.1 Å². The standard InChI is InChI=1S/C26H28N2O3S/c1-21-7-5-8-22(17-21)19-27-13-15-28(16-14-27)26(29)24-10-6-9-23(18-24)20-32(30,31)25-11-3-2-4-12-25/h2-12,17-18H,13-16,19-20H2,1H3. The summed E-state index contributed by atoms with van der Waals surface area (Å²) in [4.78, 5) is 17.6. The fourth-order valence-electron chi connectivity index (χ4n) is 4.09. The van der Waals surface area contributed by atoms with Crippen molar-refractivity contribution in [2.45, 2.75) is 24.1 Å². The van der Waals surface area contributed by atoms with Crippen molar-refractivity contribution in [3.63, 3.8) is 0 Å². The van der Waals surface area contributed by atoms with Crippen LogP contribution >= 0.6 is 0 Å². The molecule has 4 rings (SSSR count). The molecule has 0 unspecified atom stereocenters. The maximum absolute atomic E-state index is 13.1. The molecule has 0 aliphatic carbocycles. The number of piperazine rings is 1. The van der Waals surface area contributed by atoms with E-state index < -0.39 is 9.84 Å². The van der Waals surface area contributed by atoms with Crippen LogP contribution in [-0.4, -0.2) is 50.3 Å². The Hall–Kier alpha value is -2.96. The van der Waals surface area contributed by atoms with Crippen molar-refractivity contribution in [3.8, 4) is 0 Å². The number of hydrogen-bond donors (Lipinski definition) is 0. The molecule has 0 saturated carbocycles. The molecule has 0 aromatic heterocycles. The number of rotatable bonds is 6. The van der Waals surface area contributed by atoms with Crippen LogP contribution in [0, 0.1) is 6.92 Å². The van der Waals surface area contributed by atoms with Gasteiger partial charge in [0.2, 0.25) is 0 Å². The monoisotopic (exact) mass is 448 g/mol. The molecule has 166 valence electrons. The largest absolute Gasteiger partial charge is 0.336 e. The van der Waals surface area contributed by atoms with Gasteiger partial charge in [-0.25, -0.2) is 8.42 Å². The van der Waals surface area contributed by atoms with Crippen molar-refractivity contribution in [2.24, 2.45) is 0 Å². The lowest BCUT2D eigenvalue weighted by Crippen LogP contribution is -2.48. The first-order valence-electron chi connectivity index (χ1n) is 10.8. The van der Waals surface area contributed by atoms with Gasteiger partial charge in [0.1, 0.15) is 0 Å². The molecule has 5 nitrogen and oxygen atoms in total. The molecule has 0 N–H and O–H groups in total. The quantitative estimate of drug-likeness (QED) is 0.573. The molecular formula is C26H28N2O3S. The molecular weight excluding hydrogens is 420 g/mol. The van der Waals surface area contributed by atoms with Gasteiger partial charge in [0.25, 0.3) is 5.91 Å². The molecule has 3 aromatic carbocycles. The van der Waals surface area contributed by atoms with Crippen LogP contribution in [0.25, 0.3) is 0 Å². The van der Waals surface area contributed by atoms with Gasteiger partial charge < -0.3 is 4.90 Å². The number of hydrogen-bond acceptors (Lipinski definition) is 4. The second kappa shape index (κ2) is 9.67. The van der Waals surface area contributed by atoms with E-state index in [-0.39, 0.29) is 11.7 Å². The van der Waals surface area contributed by atoms with Gasteiger partial charge in [-0.05, 0) is 42.3 Å². The van der Waals surface area contributed by atoms with Crippen LogP contribution in [-0.2, 0) is 22.1 Å². The van der Waals surface area contributed by atoms with Gasteiger partial charge in [-0.3, -0.25) is 9.69 Å². The van der Waals surface area contributed by atoms with Crippen LogP contribution < -0.4 is 0 Å². The van der Waals surface area contributed by atoms with Crippen LogP contribution in [0.4, 0.5) is 0 Å². The zero-order valence-corrected chi connectivity index (χ0v) is 19.1. The van der Waals surface area contributed by atoms with E-state index >= 15 is 0 Å². The highest BCUT2D eigenvalue weighted by atomic mass is 32.2. The Balaban J connectivity index is 1.38. The zero-order valence-electron chi connectivity index (χ0n) is 18.3. The summed E-state index contributed by atoms with van der Waals surface area (Å²) in [5.41, 5.74) is 3.71. The minimum Gasteiger partial charge on any atom is -0.336 e. The van der Waals surface area contributed by atoms with Crippen LogP contribution in [0.3, 0.4) is 0 Å². The molecule has 32 heavy (non-hydrogen) atoms. The molecule has 1 aliphatic heterocycles. The summed E-state index contributed by atoms with van der Waals surface area (Å²) >= 11 is 0. The van der Waals surface area contributed by atoms with Crippen molar-refractivity contribution < 1.29 is 13.2 Å². The highest BCUT2D eigenvalue weighted by Gasteiger charge is 2.23. The predicted molar refractivity (Wildman–Crippen MR) is 126 cm³/mol. The zero-order chi connectivity index (χ0) is 22.6. The Morgan fingerprint density at radius 3 is 2.22 bits per heavy atom. The first-order chi connectivity index (χ1) is 15.4. The fraction of sp³-hybridized carbons (Fsp3) is 0.269. The second-order valence-corrected chi connectivity index (χ2v) is 10.3. The molecule has 0 bridgehead atoms. The Morgan fingerprint density at radius 1 is 0.812 bits per heavy atom. The summed E-state index contributed by atoms with van der Waals surface area (Å²) in [5.74, 6) is -0.165. The normalized spacial score (nSPS) is 15.0. The van der Waals surface area contributed by atoms with Gasteiger partial charge in [-0.2, -0.15) is 0 Å². The number of carbonyl (C=O) groups is 1. The van der Waals surface area contributed by atoms with Gasteiger partial charge >= 0.3 is 0 Å². The summed E-state index contributed by atoms with van der Waals surface area (Å²) in [5, 5.41) is 0. The van der Waals surface area contributed by atoms with Gasteiger partial charge in [-0.15, -0.1) is 0 Å². The van der Waals surface area contributed by atoms with E-state index in [9.17, 15) is 13.2 Å². The molecule has 1 heterocycles. The maximum atomic E-state index is 13.1. The second-order valence-electron chi connectivity index (χ2n) is 8.33. The number of sulfone groups is 1. The number of amides is 1. The molecule has 0 radical (unpaired) electrons. The average Bonchev–Trinajstić information content (AvgIpc) is 2.80. The van der Waals surface area contributed by atoms with Gasteiger partial charge in [0, 0.05) is 38.3 Å². The van der Waals surface area contributed by atoms with Crippen molar-refractivity contribution in [1.82, 2.24) is 9.80 Å². The minimum absolute atomic E-state index is 0.0424. The van der Waals surface area contributed by atoms with Crippen LogP contribution in [0.2, 0.25) is 0 Å². The minimum atomic E-state index is -3.45. The van der Waals surface area contributed by atoms with Crippen LogP contribution in [0.5, 0.6) is 0 Å². The van der Waals surface area contributed by atoms with Crippen LogP contribution in [0.1, 0.15) is 27.0 Å². The highest BCUT2D eigenvalue weighted by Crippen LogP contribution is 2.18. The molecule has 1 amide bonds. The van der Waals surface area contributed by atoms with E-state index in [1.807, 2.05) is 4.90 Å². The van der Waals surface area contributed by atoms with Gasteiger partial charge in [0.15, 0.2) is 9.84 Å². The Morgan fingerprint density at radius 2 is 1.50 bits per heavy atom. The van der Waals surface area contributed by atoms with E-state index in [2.05, 4.69) is 36.1 Å². The number of nitrogens with zero attached hydrogens (tertiary/aromatic N) is 2. The fourth-order valence-corrected chi connectivity index (χ4v) is 5.44. The predicted octanol–water partition coefficient (Wildman–Crippen LogP) is 3.93. The molecule has 6 heteroatoms. The topological polar surface area (TPSA) is 57.7 Å². The van der Waals surface area contributed by atoms with E-state index in [0.29, 0.717) is 29.1 Å².